The number of aromatic carboxylic acids is 1. The van der Waals surface area contributed by atoms with E-state index in [1.54, 1.807) is 0 Å². The smallest absolute Gasteiger partial charge is 0.335 e. The molecule has 2 aromatic carbocycles. The van der Waals surface area contributed by atoms with Crippen LogP contribution in [0.3, 0.4) is 0 Å². The third-order valence-electron chi connectivity index (χ3n) is 3.88. The minimum Gasteiger partial charge on any atom is -0.478 e. The Morgan fingerprint density at radius 3 is 1.76 bits per heavy atom. The lowest BCUT2D eigenvalue weighted by atomic mass is 10.2. The van der Waals surface area contributed by atoms with Crippen LogP contribution in [-0.2, 0) is 0 Å². The van der Waals surface area contributed by atoms with Gasteiger partial charge in [-0.15, -0.1) is 0 Å². The number of carbonyl (C=O) groups is 2. The summed E-state index contributed by atoms with van der Waals surface area (Å²) in [6.07, 6.45) is 4.58. The number of rotatable bonds is 3. The lowest BCUT2D eigenvalue weighted by molar-refractivity contribution is 0.0696. The summed E-state index contributed by atoms with van der Waals surface area (Å²) in [6.45, 7) is 0. The second-order valence-corrected chi connectivity index (χ2v) is 7.46. The summed E-state index contributed by atoms with van der Waals surface area (Å²) in [5.41, 5.74) is 5.61. The monoisotopic (exact) mass is 444 g/mol. The number of carboxylic acids is 1. The third-order valence-corrected chi connectivity index (χ3v) is 4.46. The second-order valence-electron chi connectivity index (χ2n) is 6.65. The van der Waals surface area contributed by atoms with Gasteiger partial charge in [0.1, 0.15) is 11.6 Å². The molecule has 0 aliphatic heterocycles. The predicted molar refractivity (Wildman–Crippen MR) is 107 cm³/mol. The molecule has 29 heavy (non-hydrogen) atoms. The van der Waals surface area contributed by atoms with E-state index < -0.39 is 17.6 Å². The Morgan fingerprint density at radius 1 is 0.931 bits per heavy atom. The van der Waals surface area contributed by atoms with Gasteiger partial charge in [-0.1, -0.05) is 23.2 Å². The Balaban J connectivity index is 0.000000177. The first-order chi connectivity index (χ1) is 13.7. The van der Waals surface area contributed by atoms with Gasteiger partial charge in [-0.05, 0) is 62.1 Å². The molecule has 2 aliphatic carbocycles. The van der Waals surface area contributed by atoms with Gasteiger partial charge in [0.25, 0.3) is 5.91 Å². The normalized spacial score (nSPS) is 14.7. The molecule has 0 radical (unpaired) electrons. The van der Waals surface area contributed by atoms with Crippen molar-refractivity contribution in [2.24, 2.45) is 5.73 Å². The number of hydrogen-bond acceptors (Lipinski definition) is 3. The van der Waals surface area contributed by atoms with Crippen LogP contribution in [0.2, 0.25) is 10.0 Å². The van der Waals surface area contributed by atoms with E-state index >= 15 is 0 Å². The van der Waals surface area contributed by atoms with Crippen molar-refractivity contribution in [2.75, 3.05) is 0 Å². The molecule has 1 amide bonds. The molecular weight excluding hydrogens is 425 g/mol. The average Bonchev–Trinajstić information content (AvgIpc) is 3.59. The van der Waals surface area contributed by atoms with Crippen LogP contribution in [0.5, 0.6) is 0 Å². The van der Waals surface area contributed by atoms with Crippen LogP contribution in [-0.4, -0.2) is 29.1 Å². The Labute approximate surface area is 176 Å². The molecule has 9 heteroatoms. The van der Waals surface area contributed by atoms with E-state index in [-0.39, 0.29) is 21.5 Å². The minimum atomic E-state index is -1.12. The largest absolute Gasteiger partial charge is 0.478 e. The van der Waals surface area contributed by atoms with Crippen LogP contribution in [0.25, 0.3) is 0 Å². The topological polar surface area (TPSA) is 92.4 Å². The van der Waals surface area contributed by atoms with Crippen molar-refractivity contribution in [3.63, 3.8) is 0 Å². The standard InChI is InChI=1S/C10H9ClFNO.C7H4ClFO2.C3H7N/c11-8-5-6(1-4-9(8)12)10(14)13-7-2-3-7;8-5-3-4(7(10)11)1-2-6(5)9;4-3-1-2-3/h1,4-5,7H,2-3H2,(H,13,14);1-3H,(H,10,11);3H,1-2,4H2. The molecule has 0 heterocycles. The molecule has 0 bridgehead atoms. The summed E-state index contributed by atoms with van der Waals surface area (Å²) in [6, 6.07) is 8.10. The van der Waals surface area contributed by atoms with Crippen LogP contribution in [0.1, 0.15) is 46.4 Å². The van der Waals surface area contributed by atoms with E-state index in [2.05, 4.69) is 5.32 Å². The van der Waals surface area contributed by atoms with Crippen molar-refractivity contribution in [3.8, 4) is 0 Å². The molecule has 2 saturated carbocycles. The zero-order valence-corrected chi connectivity index (χ0v) is 16.8. The molecule has 0 spiro atoms. The van der Waals surface area contributed by atoms with Gasteiger partial charge in [0.05, 0.1) is 15.6 Å². The van der Waals surface area contributed by atoms with Gasteiger partial charge < -0.3 is 16.2 Å². The Kier molecular flexibility index (Phi) is 8.37. The highest BCUT2D eigenvalue weighted by atomic mass is 35.5. The highest BCUT2D eigenvalue weighted by molar-refractivity contribution is 6.31. The Morgan fingerprint density at radius 2 is 1.38 bits per heavy atom. The molecule has 2 aromatic rings. The van der Waals surface area contributed by atoms with Crippen LogP contribution in [0.4, 0.5) is 8.78 Å². The molecule has 4 rings (SSSR count). The molecule has 0 aromatic heterocycles. The summed E-state index contributed by atoms with van der Waals surface area (Å²) in [5.74, 6) is -2.42. The maximum atomic E-state index is 12.8. The van der Waals surface area contributed by atoms with Crippen molar-refractivity contribution in [1.29, 1.82) is 0 Å². The number of nitrogens with two attached hydrogens (primary N) is 1. The maximum absolute atomic E-state index is 12.8. The fourth-order valence-electron chi connectivity index (χ4n) is 1.86. The molecule has 0 atom stereocenters. The lowest BCUT2D eigenvalue weighted by Crippen LogP contribution is -2.25. The Bertz CT molecular complexity index is 888. The predicted octanol–water partition coefficient (Wildman–Crippen LogP) is 4.66. The van der Waals surface area contributed by atoms with E-state index in [0.29, 0.717) is 17.6 Å². The minimum absolute atomic E-state index is 0.0172. The fraction of sp³-hybridized carbons (Fsp3) is 0.300. The molecule has 5 nitrogen and oxygen atoms in total. The molecule has 0 unspecified atom stereocenters. The number of carbonyl (C=O) groups excluding carboxylic acids is 1. The number of hydrogen-bond donors (Lipinski definition) is 3. The summed E-state index contributed by atoms with van der Waals surface area (Å²) in [5, 5.41) is 11.0. The quantitative estimate of drug-likeness (QED) is 0.641. The van der Waals surface area contributed by atoms with Gasteiger partial charge in [-0.25, -0.2) is 13.6 Å². The summed E-state index contributed by atoms with van der Waals surface area (Å²) < 4.78 is 25.2. The van der Waals surface area contributed by atoms with Crippen molar-refractivity contribution >= 4 is 35.1 Å². The first-order valence-electron chi connectivity index (χ1n) is 8.87. The maximum Gasteiger partial charge on any atom is 0.335 e. The van der Waals surface area contributed by atoms with Gasteiger partial charge >= 0.3 is 5.97 Å². The van der Waals surface area contributed by atoms with Gasteiger partial charge in [0, 0.05) is 17.6 Å². The van der Waals surface area contributed by atoms with E-state index in [1.807, 2.05) is 0 Å². The number of amides is 1. The van der Waals surface area contributed by atoms with Gasteiger partial charge in [-0.3, -0.25) is 4.79 Å². The lowest BCUT2D eigenvalue weighted by Gasteiger charge is -2.03. The third kappa shape index (κ3) is 8.35. The summed E-state index contributed by atoms with van der Waals surface area (Å²) in [4.78, 5) is 21.7. The van der Waals surface area contributed by atoms with Crippen molar-refractivity contribution in [2.45, 2.75) is 37.8 Å². The van der Waals surface area contributed by atoms with Crippen molar-refractivity contribution in [3.05, 3.63) is 69.2 Å². The number of carboxylic acid groups (broad SMARTS) is 1. The van der Waals surface area contributed by atoms with E-state index in [0.717, 1.165) is 31.0 Å². The molecule has 4 N–H and O–H groups in total. The van der Waals surface area contributed by atoms with Crippen LogP contribution >= 0.6 is 23.2 Å². The highest BCUT2D eigenvalue weighted by Crippen LogP contribution is 2.21. The first kappa shape index (κ1) is 23.1. The fourth-order valence-corrected chi connectivity index (χ4v) is 2.22. The van der Waals surface area contributed by atoms with Crippen LogP contribution in [0, 0.1) is 11.6 Å². The number of halogens is 4. The van der Waals surface area contributed by atoms with Crippen LogP contribution in [0.15, 0.2) is 36.4 Å². The summed E-state index contributed by atoms with van der Waals surface area (Å²) in [7, 11) is 0. The second kappa shape index (κ2) is 10.5. The van der Waals surface area contributed by atoms with Gasteiger partial charge in [0.2, 0.25) is 0 Å². The van der Waals surface area contributed by atoms with Crippen molar-refractivity contribution < 1.29 is 23.5 Å². The van der Waals surface area contributed by atoms with Gasteiger partial charge in [0.15, 0.2) is 0 Å². The zero-order chi connectivity index (χ0) is 21.6. The van der Waals surface area contributed by atoms with Crippen molar-refractivity contribution in [1.82, 2.24) is 5.32 Å². The molecule has 2 aliphatic rings. The molecular formula is C20H20Cl2F2N2O3. The van der Waals surface area contributed by atoms with E-state index in [1.165, 1.54) is 31.0 Å². The molecule has 0 saturated heterocycles. The van der Waals surface area contributed by atoms with Crippen LogP contribution < -0.4 is 11.1 Å². The number of benzene rings is 2. The molecule has 156 valence electrons. The molecule has 2 fully saturated rings. The zero-order valence-electron chi connectivity index (χ0n) is 15.3. The first-order valence-corrected chi connectivity index (χ1v) is 9.62. The van der Waals surface area contributed by atoms with E-state index in [9.17, 15) is 18.4 Å². The SMILES string of the molecule is NC1CC1.O=C(NC1CC1)c1ccc(F)c(Cl)c1.O=C(O)c1ccc(F)c(Cl)c1. The summed E-state index contributed by atoms with van der Waals surface area (Å²) >= 11 is 10.9. The number of nitrogens with one attached hydrogen (secondary N) is 1. The highest BCUT2D eigenvalue weighted by Gasteiger charge is 2.23. The van der Waals surface area contributed by atoms with Gasteiger partial charge in [-0.2, -0.15) is 0 Å². The Hall–Kier alpha value is -2.22. The van der Waals surface area contributed by atoms with E-state index in [4.69, 9.17) is 34.0 Å². The average molecular weight is 445 g/mol.